The molecule has 3 atom stereocenters. The van der Waals surface area contributed by atoms with E-state index in [0.29, 0.717) is 0 Å². The van der Waals surface area contributed by atoms with Gasteiger partial charge in [0.15, 0.2) is 0 Å². The summed E-state index contributed by atoms with van der Waals surface area (Å²) in [5, 5.41) is 19.8. The van der Waals surface area contributed by atoms with Crippen molar-refractivity contribution in [2.45, 2.75) is 38.4 Å². The first-order valence-electron chi connectivity index (χ1n) is 5.81. The van der Waals surface area contributed by atoms with E-state index in [9.17, 15) is 10.2 Å². The molecule has 0 aliphatic carbocycles. The van der Waals surface area contributed by atoms with Crippen LogP contribution in [-0.2, 0) is 0 Å². The van der Waals surface area contributed by atoms with Gasteiger partial charge in [-0.1, -0.05) is 12.2 Å². The van der Waals surface area contributed by atoms with Crippen molar-refractivity contribution in [1.82, 2.24) is 4.90 Å². The first kappa shape index (κ1) is 12.7. The molecular formula is C12H23NO2. The van der Waals surface area contributed by atoms with Gasteiger partial charge in [0.1, 0.15) is 0 Å². The molecule has 1 saturated heterocycles. The summed E-state index contributed by atoms with van der Waals surface area (Å²) < 4.78 is 0. The first-order chi connectivity index (χ1) is 7.15. The zero-order valence-electron chi connectivity index (χ0n) is 9.76. The third-order valence-electron chi connectivity index (χ3n) is 3.18. The third kappa shape index (κ3) is 3.93. The number of likely N-dealkylation sites (tertiary alicyclic amines) is 1. The Kier molecular flexibility index (Phi) is 5.29. The number of aliphatic hydroxyl groups is 2. The van der Waals surface area contributed by atoms with Gasteiger partial charge in [-0.25, -0.2) is 0 Å². The van der Waals surface area contributed by atoms with E-state index in [1.165, 1.54) is 0 Å². The monoisotopic (exact) mass is 213 g/mol. The molecule has 0 bridgehead atoms. The molecule has 0 saturated carbocycles. The number of aliphatic hydroxyl groups excluding tert-OH is 2. The summed E-state index contributed by atoms with van der Waals surface area (Å²) in [6.45, 7) is 3.72. The van der Waals surface area contributed by atoms with E-state index in [2.05, 4.69) is 11.0 Å². The van der Waals surface area contributed by atoms with E-state index >= 15 is 0 Å². The summed E-state index contributed by atoms with van der Waals surface area (Å²) in [5.41, 5.74) is 0. The van der Waals surface area contributed by atoms with E-state index in [1.54, 1.807) is 0 Å². The molecule has 15 heavy (non-hydrogen) atoms. The van der Waals surface area contributed by atoms with Gasteiger partial charge < -0.3 is 15.1 Å². The highest BCUT2D eigenvalue weighted by atomic mass is 16.3. The molecule has 88 valence electrons. The SMILES string of the molecule is C/C=C/CCC(O)C1CN(C)CCC1O. The summed E-state index contributed by atoms with van der Waals surface area (Å²) in [7, 11) is 2.04. The Morgan fingerprint density at radius 3 is 2.93 bits per heavy atom. The second-order valence-corrected chi connectivity index (χ2v) is 4.50. The topological polar surface area (TPSA) is 43.7 Å². The van der Waals surface area contributed by atoms with E-state index in [-0.39, 0.29) is 18.1 Å². The standard InChI is InChI=1S/C12H23NO2/c1-3-4-5-6-11(14)10-9-13(2)8-7-12(10)15/h3-4,10-12,14-15H,5-9H2,1-2H3/b4-3+. The minimum atomic E-state index is -0.376. The molecule has 0 spiro atoms. The zero-order valence-corrected chi connectivity index (χ0v) is 9.76. The molecule has 1 aliphatic heterocycles. The van der Waals surface area contributed by atoms with Gasteiger partial charge in [-0.05, 0) is 33.2 Å². The number of rotatable bonds is 4. The van der Waals surface area contributed by atoms with Gasteiger partial charge in [0.05, 0.1) is 12.2 Å². The van der Waals surface area contributed by atoms with Crippen LogP contribution in [0.3, 0.4) is 0 Å². The number of hydrogen-bond donors (Lipinski definition) is 2. The molecular weight excluding hydrogens is 190 g/mol. The van der Waals surface area contributed by atoms with Gasteiger partial charge in [0, 0.05) is 19.0 Å². The minimum absolute atomic E-state index is 0.0222. The smallest absolute Gasteiger partial charge is 0.0617 e. The molecule has 3 unspecified atom stereocenters. The van der Waals surface area contributed by atoms with Crippen molar-refractivity contribution >= 4 is 0 Å². The molecule has 1 heterocycles. The molecule has 3 heteroatoms. The van der Waals surface area contributed by atoms with Gasteiger partial charge >= 0.3 is 0 Å². The highest BCUT2D eigenvalue weighted by molar-refractivity contribution is 4.86. The van der Waals surface area contributed by atoms with Gasteiger partial charge in [-0.3, -0.25) is 0 Å². The number of allylic oxidation sites excluding steroid dienone is 2. The first-order valence-corrected chi connectivity index (χ1v) is 5.81. The molecule has 2 N–H and O–H groups in total. The molecule has 0 aromatic carbocycles. The Labute approximate surface area is 92.4 Å². The highest BCUT2D eigenvalue weighted by Gasteiger charge is 2.31. The summed E-state index contributed by atoms with van der Waals surface area (Å²) in [5.74, 6) is 0.0222. The molecule has 1 aliphatic rings. The fourth-order valence-electron chi connectivity index (χ4n) is 2.17. The molecule has 0 aromatic heterocycles. The Balaban J connectivity index is 2.38. The van der Waals surface area contributed by atoms with Crippen molar-refractivity contribution < 1.29 is 10.2 Å². The van der Waals surface area contributed by atoms with Crippen LogP contribution in [0.15, 0.2) is 12.2 Å². The van der Waals surface area contributed by atoms with Crippen molar-refractivity contribution in [2.75, 3.05) is 20.1 Å². The van der Waals surface area contributed by atoms with Gasteiger partial charge in [-0.15, -0.1) is 0 Å². The van der Waals surface area contributed by atoms with E-state index in [0.717, 1.165) is 32.4 Å². The summed E-state index contributed by atoms with van der Waals surface area (Å²) in [4.78, 5) is 2.18. The number of nitrogens with zero attached hydrogens (tertiary/aromatic N) is 1. The normalized spacial score (nSPS) is 30.9. The average Bonchev–Trinajstić information content (AvgIpc) is 2.22. The van der Waals surface area contributed by atoms with Crippen LogP contribution in [0.1, 0.15) is 26.2 Å². The van der Waals surface area contributed by atoms with Crippen LogP contribution in [0.25, 0.3) is 0 Å². The van der Waals surface area contributed by atoms with Crippen LogP contribution in [-0.4, -0.2) is 47.5 Å². The predicted molar refractivity (Wildman–Crippen MR) is 61.7 cm³/mol. The molecule has 0 aromatic rings. The summed E-state index contributed by atoms with van der Waals surface area (Å²) in [6.07, 6.45) is 5.77. The lowest BCUT2D eigenvalue weighted by molar-refractivity contribution is -0.0350. The fraction of sp³-hybridized carbons (Fsp3) is 0.833. The van der Waals surface area contributed by atoms with Gasteiger partial charge in [-0.2, -0.15) is 0 Å². The van der Waals surface area contributed by atoms with Crippen molar-refractivity contribution in [3.8, 4) is 0 Å². The zero-order chi connectivity index (χ0) is 11.3. The largest absolute Gasteiger partial charge is 0.393 e. The average molecular weight is 213 g/mol. The van der Waals surface area contributed by atoms with Crippen molar-refractivity contribution in [2.24, 2.45) is 5.92 Å². The van der Waals surface area contributed by atoms with E-state index < -0.39 is 0 Å². The number of hydrogen-bond acceptors (Lipinski definition) is 3. The third-order valence-corrected chi connectivity index (χ3v) is 3.18. The van der Waals surface area contributed by atoms with Crippen molar-refractivity contribution in [1.29, 1.82) is 0 Å². The van der Waals surface area contributed by atoms with Crippen LogP contribution in [0.4, 0.5) is 0 Å². The van der Waals surface area contributed by atoms with Crippen LogP contribution in [0.2, 0.25) is 0 Å². The lowest BCUT2D eigenvalue weighted by Crippen LogP contribution is -2.46. The van der Waals surface area contributed by atoms with Crippen LogP contribution < -0.4 is 0 Å². The second-order valence-electron chi connectivity index (χ2n) is 4.50. The maximum absolute atomic E-state index is 9.97. The highest BCUT2D eigenvalue weighted by Crippen LogP contribution is 2.22. The quantitative estimate of drug-likeness (QED) is 0.685. The van der Waals surface area contributed by atoms with Crippen molar-refractivity contribution in [3.63, 3.8) is 0 Å². The molecule has 1 rings (SSSR count). The maximum atomic E-state index is 9.97. The second kappa shape index (κ2) is 6.26. The van der Waals surface area contributed by atoms with Gasteiger partial charge in [0.25, 0.3) is 0 Å². The Hall–Kier alpha value is -0.380. The Morgan fingerprint density at radius 1 is 1.53 bits per heavy atom. The molecule has 3 nitrogen and oxygen atoms in total. The minimum Gasteiger partial charge on any atom is -0.393 e. The van der Waals surface area contributed by atoms with E-state index in [4.69, 9.17) is 0 Å². The lowest BCUT2D eigenvalue weighted by Gasteiger charge is -2.36. The van der Waals surface area contributed by atoms with E-state index in [1.807, 2.05) is 20.0 Å². The summed E-state index contributed by atoms with van der Waals surface area (Å²) in [6, 6.07) is 0. The van der Waals surface area contributed by atoms with Gasteiger partial charge in [0.2, 0.25) is 0 Å². The fourth-order valence-corrected chi connectivity index (χ4v) is 2.17. The molecule has 0 amide bonds. The lowest BCUT2D eigenvalue weighted by atomic mass is 9.88. The Morgan fingerprint density at radius 2 is 2.27 bits per heavy atom. The predicted octanol–water partition coefficient (Wildman–Crippen LogP) is 1.02. The van der Waals surface area contributed by atoms with Crippen LogP contribution in [0.5, 0.6) is 0 Å². The van der Waals surface area contributed by atoms with Crippen LogP contribution >= 0.6 is 0 Å². The Bertz CT molecular complexity index is 206. The maximum Gasteiger partial charge on any atom is 0.0617 e. The van der Waals surface area contributed by atoms with Crippen LogP contribution in [0, 0.1) is 5.92 Å². The molecule has 1 fully saturated rings. The number of piperidine rings is 1. The van der Waals surface area contributed by atoms with Crippen molar-refractivity contribution in [3.05, 3.63) is 12.2 Å². The summed E-state index contributed by atoms with van der Waals surface area (Å²) >= 11 is 0. The molecule has 0 radical (unpaired) electrons.